The lowest BCUT2D eigenvalue weighted by molar-refractivity contribution is -0.130. The first-order chi connectivity index (χ1) is 13.2. The summed E-state index contributed by atoms with van der Waals surface area (Å²) in [7, 11) is 0. The number of likely N-dealkylation sites (tertiary alicyclic amines) is 1. The SMILES string of the molecule is O=C(NCC1=N[C@@H](C(=O)N2CCCC2)CS1)c1csc(-c2cccnc2)n1. The summed E-state index contributed by atoms with van der Waals surface area (Å²) in [6.45, 7) is 2.00. The lowest BCUT2D eigenvalue weighted by Gasteiger charge is -2.17. The minimum absolute atomic E-state index is 0.113. The van der Waals surface area contributed by atoms with Gasteiger partial charge in [-0.05, 0) is 25.0 Å². The Morgan fingerprint density at radius 3 is 2.93 bits per heavy atom. The minimum atomic E-state index is -0.309. The number of aliphatic imine (C=N–C) groups is 1. The van der Waals surface area contributed by atoms with Crippen molar-refractivity contribution in [2.75, 3.05) is 25.4 Å². The van der Waals surface area contributed by atoms with Crippen molar-refractivity contribution >= 4 is 40.0 Å². The van der Waals surface area contributed by atoms with E-state index in [1.807, 2.05) is 17.0 Å². The Hall–Kier alpha value is -2.26. The molecule has 0 aromatic carbocycles. The first kappa shape index (κ1) is 18.1. The Labute approximate surface area is 165 Å². The van der Waals surface area contributed by atoms with E-state index in [9.17, 15) is 9.59 Å². The summed E-state index contributed by atoms with van der Waals surface area (Å²) in [5.41, 5.74) is 1.27. The van der Waals surface area contributed by atoms with Crippen LogP contribution in [0.3, 0.4) is 0 Å². The summed E-state index contributed by atoms with van der Waals surface area (Å²) in [5.74, 6) is 0.531. The summed E-state index contributed by atoms with van der Waals surface area (Å²) < 4.78 is 0. The number of aromatic nitrogens is 2. The summed E-state index contributed by atoms with van der Waals surface area (Å²) >= 11 is 2.95. The molecule has 0 unspecified atom stereocenters. The number of hydrogen-bond acceptors (Lipinski definition) is 7. The van der Waals surface area contributed by atoms with Crippen LogP contribution in [0.5, 0.6) is 0 Å². The van der Waals surface area contributed by atoms with Gasteiger partial charge in [-0.25, -0.2) is 4.98 Å². The number of hydrogen-bond donors (Lipinski definition) is 1. The lowest BCUT2D eigenvalue weighted by Crippen LogP contribution is -2.36. The van der Waals surface area contributed by atoms with Crippen LogP contribution in [0.1, 0.15) is 23.3 Å². The highest BCUT2D eigenvalue weighted by molar-refractivity contribution is 8.14. The first-order valence-corrected chi connectivity index (χ1v) is 10.7. The van der Waals surface area contributed by atoms with Gasteiger partial charge >= 0.3 is 0 Å². The average Bonchev–Trinajstić information content (AvgIpc) is 3.48. The second kappa shape index (κ2) is 8.18. The van der Waals surface area contributed by atoms with Crippen molar-refractivity contribution in [1.82, 2.24) is 20.2 Å². The van der Waals surface area contributed by atoms with Crippen LogP contribution in [-0.4, -0.2) is 63.2 Å². The van der Waals surface area contributed by atoms with Crippen molar-refractivity contribution < 1.29 is 9.59 Å². The number of carbonyl (C=O) groups excluding carboxylic acids is 2. The first-order valence-electron chi connectivity index (χ1n) is 8.83. The van der Waals surface area contributed by atoms with Gasteiger partial charge in [-0.3, -0.25) is 19.6 Å². The number of rotatable bonds is 5. The van der Waals surface area contributed by atoms with Gasteiger partial charge in [-0.1, -0.05) is 0 Å². The third-order valence-electron chi connectivity index (χ3n) is 4.46. The zero-order chi connectivity index (χ0) is 18.6. The number of amides is 2. The maximum absolute atomic E-state index is 12.4. The van der Waals surface area contributed by atoms with Crippen LogP contribution < -0.4 is 5.32 Å². The van der Waals surface area contributed by atoms with Crippen molar-refractivity contribution in [3.63, 3.8) is 0 Å². The molecule has 1 N–H and O–H groups in total. The molecule has 1 atom stereocenters. The van der Waals surface area contributed by atoms with Crippen molar-refractivity contribution in [2.24, 2.45) is 4.99 Å². The molecule has 2 aromatic rings. The Bertz CT molecular complexity index is 862. The number of thioether (sulfide) groups is 1. The minimum Gasteiger partial charge on any atom is -0.344 e. The second-order valence-electron chi connectivity index (χ2n) is 6.34. The molecule has 4 rings (SSSR count). The fourth-order valence-electron chi connectivity index (χ4n) is 3.04. The number of nitrogens with one attached hydrogen (secondary N) is 1. The number of thiazole rings is 1. The third-order valence-corrected chi connectivity index (χ3v) is 6.41. The molecule has 2 aliphatic heterocycles. The zero-order valence-corrected chi connectivity index (χ0v) is 16.3. The molecule has 0 saturated carbocycles. The van der Waals surface area contributed by atoms with Gasteiger partial charge in [-0.15, -0.1) is 23.1 Å². The molecule has 9 heteroatoms. The van der Waals surface area contributed by atoms with E-state index in [-0.39, 0.29) is 17.9 Å². The molecule has 2 amide bonds. The van der Waals surface area contributed by atoms with Crippen LogP contribution in [0.2, 0.25) is 0 Å². The van der Waals surface area contributed by atoms with Gasteiger partial charge in [0.15, 0.2) is 0 Å². The summed E-state index contributed by atoms with van der Waals surface area (Å²) in [6.07, 6.45) is 5.58. The van der Waals surface area contributed by atoms with Crippen LogP contribution in [0.4, 0.5) is 0 Å². The molecule has 0 bridgehead atoms. The highest BCUT2D eigenvalue weighted by atomic mass is 32.2. The second-order valence-corrected chi connectivity index (χ2v) is 8.30. The summed E-state index contributed by atoms with van der Waals surface area (Å²) in [6, 6.07) is 3.44. The van der Waals surface area contributed by atoms with Crippen LogP contribution >= 0.6 is 23.1 Å². The molecule has 4 heterocycles. The molecule has 140 valence electrons. The molecule has 2 aliphatic rings. The van der Waals surface area contributed by atoms with Gasteiger partial charge in [-0.2, -0.15) is 0 Å². The molecular weight excluding hydrogens is 382 g/mol. The molecule has 2 aromatic heterocycles. The lowest BCUT2D eigenvalue weighted by atomic mass is 10.3. The smallest absolute Gasteiger partial charge is 0.271 e. The third kappa shape index (κ3) is 4.19. The summed E-state index contributed by atoms with van der Waals surface area (Å²) in [5, 5.41) is 6.14. The fourth-order valence-corrected chi connectivity index (χ4v) is 4.78. The number of carbonyl (C=O) groups is 2. The van der Waals surface area contributed by atoms with Crippen molar-refractivity contribution in [2.45, 2.75) is 18.9 Å². The number of pyridine rings is 1. The molecule has 1 fully saturated rings. The van der Waals surface area contributed by atoms with Crippen molar-refractivity contribution in [1.29, 1.82) is 0 Å². The molecule has 7 nitrogen and oxygen atoms in total. The zero-order valence-electron chi connectivity index (χ0n) is 14.6. The van der Waals surface area contributed by atoms with Crippen LogP contribution in [0.25, 0.3) is 10.6 Å². The number of nitrogens with zero attached hydrogens (tertiary/aromatic N) is 4. The predicted molar refractivity (Wildman–Crippen MR) is 107 cm³/mol. The molecule has 0 spiro atoms. The van der Waals surface area contributed by atoms with E-state index >= 15 is 0 Å². The normalized spacial score (nSPS) is 19.2. The van der Waals surface area contributed by atoms with Gasteiger partial charge in [0.25, 0.3) is 5.91 Å². The average molecular weight is 402 g/mol. The standard InChI is InChI=1S/C18H19N5O2S2/c24-16(13-10-27-17(22-13)12-4-3-5-19-8-12)20-9-15-21-14(11-26-15)18(25)23-6-1-2-7-23/h3-5,8,10,14H,1-2,6-7,9,11H2,(H,20,24)/t14-/m1/s1. The van der Waals surface area contributed by atoms with E-state index in [0.717, 1.165) is 41.5 Å². The maximum Gasteiger partial charge on any atom is 0.271 e. The summed E-state index contributed by atoms with van der Waals surface area (Å²) in [4.78, 5) is 39.6. The highest BCUT2D eigenvalue weighted by Gasteiger charge is 2.30. The molecule has 0 aliphatic carbocycles. The Balaban J connectivity index is 1.32. The van der Waals surface area contributed by atoms with E-state index in [1.54, 1.807) is 17.8 Å². The Kier molecular flexibility index (Phi) is 5.49. The van der Waals surface area contributed by atoms with Gasteiger partial charge in [0.05, 0.1) is 11.6 Å². The van der Waals surface area contributed by atoms with Gasteiger partial charge in [0.2, 0.25) is 5.91 Å². The van der Waals surface area contributed by atoms with Crippen LogP contribution in [-0.2, 0) is 4.79 Å². The molecule has 27 heavy (non-hydrogen) atoms. The van der Waals surface area contributed by atoms with E-state index < -0.39 is 0 Å². The van der Waals surface area contributed by atoms with E-state index in [1.165, 1.54) is 23.1 Å². The Morgan fingerprint density at radius 1 is 1.30 bits per heavy atom. The Morgan fingerprint density at radius 2 is 2.15 bits per heavy atom. The van der Waals surface area contributed by atoms with Crippen molar-refractivity contribution in [3.05, 3.63) is 35.6 Å². The topological polar surface area (TPSA) is 87.5 Å². The highest BCUT2D eigenvalue weighted by Crippen LogP contribution is 2.23. The van der Waals surface area contributed by atoms with E-state index in [0.29, 0.717) is 18.0 Å². The fraction of sp³-hybridized carbons (Fsp3) is 0.389. The maximum atomic E-state index is 12.4. The molecular formula is C18H19N5O2S2. The molecule has 1 saturated heterocycles. The van der Waals surface area contributed by atoms with Gasteiger partial charge in [0.1, 0.15) is 16.7 Å². The monoisotopic (exact) mass is 401 g/mol. The predicted octanol–water partition coefficient (Wildman–Crippen LogP) is 2.07. The van der Waals surface area contributed by atoms with Crippen LogP contribution in [0.15, 0.2) is 34.9 Å². The van der Waals surface area contributed by atoms with Gasteiger partial charge < -0.3 is 10.2 Å². The van der Waals surface area contributed by atoms with Crippen LogP contribution in [0, 0.1) is 0 Å². The largest absolute Gasteiger partial charge is 0.344 e. The van der Waals surface area contributed by atoms with Gasteiger partial charge in [0, 0.05) is 42.2 Å². The quantitative estimate of drug-likeness (QED) is 0.829. The van der Waals surface area contributed by atoms with E-state index in [4.69, 9.17) is 0 Å². The van der Waals surface area contributed by atoms with E-state index in [2.05, 4.69) is 20.3 Å². The van der Waals surface area contributed by atoms with Crippen molar-refractivity contribution in [3.8, 4) is 10.6 Å². The molecule has 0 radical (unpaired) electrons.